The van der Waals surface area contributed by atoms with Gasteiger partial charge in [0.25, 0.3) is 0 Å². The summed E-state index contributed by atoms with van der Waals surface area (Å²) >= 11 is 25.3. The zero-order chi connectivity index (χ0) is 16.6. The van der Waals surface area contributed by atoms with E-state index in [4.69, 9.17) is 52.1 Å². The fourth-order valence-electron chi connectivity index (χ4n) is 2.35. The van der Waals surface area contributed by atoms with Crippen LogP contribution in [0.25, 0.3) is 22.4 Å². The molecular weight excluding hydrogens is 374 g/mol. The number of halogens is 4. The number of aromatic nitrogens is 1. The second-order valence-corrected chi connectivity index (χ2v) is 6.45. The zero-order valence-corrected chi connectivity index (χ0v) is 14.7. The van der Waals surface area contributed by atoms with E-state index < -0.39 is 0 Å². The topological polar surface area (TPSA) is 38.9 Å². The molecule has 2 N–H and O–H groups in total. The highest BCUT2D eigenvalue weighted by Gasteiger charge is 2.19. The molecule has 0 saturated carbocycles. The number of hydrogen-bond acceptors (Lipinski definition) is 2. The smallest absolute Gasteiger partial charge is 0.124 e. The van der Waals surface area contributed by atoms with Crippen LogP contribution in [0.4, 0.5) is 5.82 Å². The molecule has 0 saturated heterocycles. The number of nitrogens with two attached hydrogens (primary N) is 1. The molecule has 0 radical (unpaired) electrons. The lowest BCUT2D eigenvalue weighted by Gasteiger charge is -2.15. The molecule has 0 aliphatic carbocycles. The van der Waals surface area contributed by atoms with Crippen molar-refractivity contribution in [2.24, 2.45) is 0 Å². The monoisotopic (exact) mass is 382 g/mol. The highest BCUT2D eigenvalue weighted by Crippen LogP contribution is 2.43. The summed E-state index contributed by atoms with van der Waals surface area (Å²) < 4.78 is 0. The van der Waals surface area contributed by atoms with Gasteiger partial charge in [-0.25, -0.2) is 4.98 Å². The Kier molecular flexibility index (Phi) is 4.69. The summed E-state index contributed by atoms with van der Waals surface area (Å²) in [6, 6.07) is 14.0. The lowest BCUT2D eigenvalue weighted by molar-refractivity contribution is 1.33. The Bertz CT molecular complexity index is 853. The molecule has 116 valence electrons. The van der Waals surface area contributed by atoms with E-state index in [2.05, 4.69) is 4.98 Å². The van der Waals surface area contributed by atoms with Crippen molar-refractivity contribution in [3.63, 3.8) is 0 Å². The minimum Gasteiger partial charge on any atom is -0.384 e. The van der Waals surface area contributed by atoms with Gasteiger partial charge < -0.3 is 5.73 Å². The van der Waals surface area contributed by atoms with E-state index in [0.717, 1.165) is 0 Å². The second-order valence-electron chi connectivity index (χ2n) is 4.83. The molecule has 0 aliphatic rings. The highest BCUT2D eigenvalue weighted by atomic mass is 35.5. The van der Waals surface area contributed by atoms with Gasteiger partial charge in [-0.1, -0.05) is 58.5 Å². The SMILES string of the molecule is Nc1ccc(-c2c(Cl)cccc2Cl)c(-c2c(Cl)cccc2Cl)n1. The van der Waals surface area contributed by atoms with Gasteiger partial charge in [-0.15, -0.1) is 0 Å². The molecule has 3 rings (SSSR count). The Labute approximate surface area is 153 Å². The molecule has 0 aliphatic heterocycles. The average Bonchev–Trinajstić information content (AvgIpc) is 2.49. The lowest BCUT2D eigenvalue weighted by Crippen LogP contribution is -1.97. The Hall–Kier alpha value is -1.45. The van der Waals surface area contributed by atoms with Crippen LogP contribution in [0.15, 0.2) is 48.5 Å². The molecule has 1 aromatic heterocycles. The van der Waals surface area contributed by atoms with Gasteiger partial charge in [0, 0.05) is 26.7 Å². The van der Waals surface area contributed by atoms with Crippen LogP contribution in [0.5, 0.6) is 0 Å². The molecule has 0 unspecified atom stereocenters. The lowest BCUT2D eigenvalue weighted by atomic mass is 9.99. The molecule has 0 fully saturated rings. The van der Waals surface area contributed by atoms with Crippen LogP contribution in [-0.4, -0.2) is 4.98 Å². The number of rotatable bonds is 2. The summed E-state index contributed by atoms with van der Waals surface area (Å²) in [5.41, 5.74) is 8.36. The van der Waals surface area contributed by atoms with Crippen LogP contribution < -0.4 is 5.73 Å². The van der Waals surface area contributed by atoms with Crippen molar-refractivity contribution in [2.75, 3.05) is 5.73 Å². The molecule has 2 nitrogen and oxygen atoms in total. The van der Waals surface area contributed by atoms with E-state index in [-0.39, 0.29) is 0 Å². The number of benzene rings is 2. The summed E-state index contributed by atoms with van der Waals surface area (Å²) in [5.74, 6) is 0.350. The highest BCUT2D eigenvalue weighted by molar-refractivity contribution is 6.41. The standard InChI is InChI=1S/C17H10Cl4N2/c18-10-3-1-4-11(19)15(10)9-7-8-14(22)23-17(9)16-12(20)5-2-6-13(16)21/h1-8H,(H2,22,23). The third-order valence-electron chi connectivity index (χ3n) is 3.35. The third-order valence-corrected chi connectivity index (χ3v) is 4.61. The average molecular weight is 384 g/mol. The van der Waals surface area contributed by atoms with Crippen LogP contribution in [0.1, 0.15) is 0 Å². The van der Waals surface area contributed by atoms with Crippen molar-refractivity contribution in [1.82, 2.24) is 4.98 Å². The molecule has 3 aromatic rings. The molecular formula is C17H10Cl4N2. The molecule has 0 bridgehead atoms. The van der Waals surface area contributed by atoms with Crippen LogP contribution in [-0.2, 0) is 0 Å². The third kappa shape index (κ3) is 3.13. The largest absolute Gasteiger partial charge is 0.384 e. The molecule has 2 aromatic carbocycles. The number of anilines is 1. The summed E-state index contributed by atoms with van der Waals surface area (Å²) in [7, 11) is 0. The van der Waals surface area contributed by atoms with Crippen molar-refractivity contribution in [2.45, 2.75) is 0 Å². The molecule has 23 heavy (non-hydrogen) atoms. The number of nitrogen functional groups attached to an aromatic ring is 1. The van der Waals surface area contributed by atoms with Crippen molar-refractivity contribution in [3.05, 3.63) is 68.6 Å². The van der Waals surface area contributed by atoms with E-state index in [1.807, 2.05) is 6.07 Å². The van der Waals surface area contributed by atoms with Crippen LogP contribution in [0, 0.1) is 0 Å². The van der Waals surface area contributed by atoms with Gasteiger partial charge in [-0.05, 0) is 36.4 Å². The Balaban J connectivity index is 2.37. The summed E-state index contributed by atoms with van der Waals surface area (Å²) in [6.07, 6.45) is 0. The zero-order valence-electron chi connectivity index (χ0n) is 11.7. The van der Waals surface area contributed by atoms with Gasteiger partial charge in [0.15, 0.2) is 0 Å². The van der Waals surface area contributed by atoms with E-state index in [9.17, 15) is 0 Å². The number of pyridine rings is 1. The molecule has 1 heterocycles. The van der Waals surface area contributed by atoms with Crippen LogP contribution in [0.3, 0.4) is 0 Å². The van der Waals surface area contributed by atoms with Gasteiger partial charge in [-0.3, -0.25) is 0 Å². The number of hydrogen-bond donors (Lipinski definition) is 1. The van der Waals surface area contributed by atoms with E-state index in [1.165, 1.54) is 0 Å². The Morgan fingerprint density at radius 2 is 1.13 bits per heavy atom. The van der Waals surface area contributed by atoms with Crippen LogP contribution in [0.2, 0.25) is 20.1 Å². The molecule has 0 atom stereocenters. The summed E-state index contributed by atoms with van der Waals surface area (Å²) in [4.78, 5) is 4.42. The number of nitrogens with zero attached hydrogens (tertiary/aromatic N) is 1. The quantitative estimate of drug-likeness (QED) is 0.540. The minimum atomic E-state index is 0.350. The molecule has 0 amide bonds. The van der Waals surface area contributed by atoms with Gasteiger partial charge in [-0.2, -0.15) is 0 Å². The first-order valence-electron chi connectivity index (χ1n) is 6.64. The fraction of sp³-hybridized carbons (Fsp3) is 0. The molecule has 6 heteroatoms. The molecule has 0 spiro atoms. The van der Waals surface area contributed by atoms with Gasteiger partial charge >= 0.3 is 0 Å². The maximum atomic E-state index is 6.33. The predicted molar refractivity (Wildman–Crippen MR) is 99.6 cm³/mol. The van der Waals surface area contributed by atoms with E-state index in [1.54, 1.807) is 42.5 Å². The normalized spacial score (nSPS) is 10.8. The van der Waals surface area contributed by atoms with Gasteiger partial charge in [0.05, 0.1) is 15.7 Å². The second kappa shape index (κ2) is 6.58. The van der Waals surface area contributed by atoms with Crippen molar-refractivity contribution in [1.29, 1.82) is 0 Å². The maximum Gasteiger partial charge on any atom is 0.124 e. The van der Waals surface area contributed by atoms with Gasteiger partial charge in [0.1, 0.15) is 5.82 Å². The van der Waals surface area contributed by atoms with Crippen LogP contribution >= 0.6 is 46.4 Å². The van der Waals surface area contributed by atoms with Crippen molar-refractivity contribution >= 4 is 52.2 Å². The first-order chi connectivity index (χ1) is 11.0. The predicted octanol–water partition coefficient (Wildman–Crippen LogP) is 6.61. The first kappa shape index (κ1) is 16.4. The van der Waals surface area contributed by atoms with E-state index in [0.29, 0.717) is 48.3 Å². The van der Waals surface area contributed by atoms with Gasteiger partial charge in [0.2, 0.25) is 0 Å². The summed E-state index contributed by atoms with van der Waals surface area (Å²) in [5, 5.41) is 1.96. The van der Waals surface area contributed by atoms with Crippen molar-refractivity contribution in [3.8, 4) is 22.4 Å². The van der Waals surface area contributed by atoms with E-state index >= 15 is 0 Å². The Morgan fingerprint density at radius 1 is 0.652 bits per heavy atom. The minimum absolute atomic E-state index is 0.350. The Morgan fingerprint density at radius 3 is 1.65 bits per heavy atom. The summed E-state index contributed by atoms with van der Waals surface area (Å²) in [6.45, 7) is 0. The van der Waals surface area contributed by atoms with Crippen molar-refractivity contribution < 1.29 is 0 Å². The maximum absolute atomic E-state index is 6.33. The fourth-order valence-corrected chi connectivity index (χ4v) is 3.52. The first-order valence-corrected chi connectivity index (χ1v) is 8.15.